The third kappa shape index (κ3) is 2.44. The van der Waals surface area contributed by atoms with Gasteiger partial charge in [-0.15, -0.1) is 5.10 Å². The number of rotatable bonds is 3. The molecule has 2 aromatic rings. The van der Waals surface area contributed by atoms with Crippen LogP contribution in [0.1, 0.15) is 24.6 Å². The average molecular weight is 259 g/mol. The number of nitrogens with one attached hydrogen (secondary N) is 1. The summed E-state index contributed by atoms with van der Waals surface area (Å²) in [4.78, 5) is 0. The molecule has 1 aromatic heterocycles. The molecule has 1 unspecified atom stereocenters. The number of benzene rings is 1. The first-order valence-corrected chi connectivity index (χ1v) is 6.52. The van der Waals surface area contributed by atoms with Crippen molar-refractivity contribution in [1.29, 1.82) is 0 Å². The van der Waals surface area contributed by atoms with E-state index < -0.39 is 0 Å². The third-order valence-corrected chi connectivity index (χ3v) is 3.47. The lowest BCUT2D eigenvalue weighted by molar-refractivity contribution is 0.414. The summed E-state index contributed by atoms with van der Waals surface area (Å²) in [6.07, 6.45) is 2.30. The molecular weight excluding hydrogens is 242 g/mol. The highest BCUT2D eigenvalue weighted by Gasteiger charge is 2.22. The highest BCUT2D eigenvalue weighted by molar-refractivity contribution is 5.37. The minimum Gasteiger partial charge on any atom is -0.497 e. The van der Waals surface area contributed by atoms with Crippen LogP contribution in [0.25, 0.3) is 5.69 Å². The van der Waals surface area contributed by atoms with Crippen molar-refractivity contribution in [3.8, 4) is 11.4 Å². The molecule has 19 heavy (non-hydrogen) atoms. The van der Waals surface area contributed by atoms with E-state index in [1.54, 1.807) is 7.11 Å². The first-order chi connectivity index (χ1) is 9.38. The Morgan fingerprint density at radius 1 is 1.32 bits per heavy atom. The van der Waals surface area contributed by atoms with Gasteiger partial charge in [0.25, 0.3) is 0 Å². The van der Waals surface area contributed by atoms with E-state index in [2.05, 4.69) is 20.8 Å². The summed E-state index contributed by atoms with van der Waals surface area (Å²) in [6, 6.07) is 7.77. The van der Waals surface area contributed by atoms with E-state index in [0.29, 0.717) is 5.92 Å². The van der Waals surface area contributed by atoms with E-state index in [1.807, 2.05) is 28.9 Å². The van der Waals surface area contributed by atoms with E-state index in [-0.39, 0.29) is 0 Å². The molecule has 0 amide bonds. The lowest BCUT2D eigenvalue weighted by Crippen LogP contribution is -2.30. The molecule has 100 valence electrons. The van der Waals surface area contributed by atoms with Crippen molar-refractivity contribution in [3.05, 3.63) is 30.1 Å². The van der Waals surface area contributed by atoms with Crippen LogP contribution >= 0.6 is 0 Å². The highest BCUT2D eigenvalue weighted by atomic mass is 16.5. The van der Waals surface area contributed by atoms with Crippen LogP contribution in [0.2, 0.25) is 0 Å². The number of hydrogen-bond donors (Lipinski definition) is 1. The second-order valence-corrected chi connectivity index (χ2v) is 4.69. The molecule has 1 aliphatic heterocycles. The van der Waals surface area contributed by atoms with Crippen LogP contribution in [0.5, 0.6) is 5.75 Å². The minimum absolute atomic E-state index is 0.380. The predicted molar refractivity (Wildman–Crippen MR) is 70.6 cm³/mol. The molecule has 0 aliphatic carbocycles. The van der Waals surface area contributed by atoms with Crippen LogP contribution in [0.4, 0.5) is 0 Å². The SMILES string of the molecule is COc1ccc(-n2nnnc2C2CCCNC2)cc1. The molecule has 1 N–H and O–H groups in total. The molecule has 0 spiro atoms. The number of nitrogens with zero attached hydrogens (tertiary/aromatic N) is 4. The van der Waals surface area contributed by atoms with Crippen molar-refractivity contribution < 1.29 is 4.74 Å². The van der Waals surface area contributed by atoms with Gasteiger partial charge >= 0.3 is 0 Å². The summed E-state index contributed by atoms with van der Waals surface area (Å²) in [7, 11) is 1.66. The van der Waals surface area contributed by atoms with Crippen LogP contribution in [-0.2, 0) is 0 Å². The monoisotopic (exact) mass is 259 g/mol. The fraction of sp³-hybridized carbons (Fsp3) is 0.462. The predicted octanol–water partition coefficient (Wildman–Crippen LogP) is 1.14. The number of aromatic nitrogens is 4. The molecule has 1 aromatic carbocycles. The first-order valence-electron chi connectivity index (χ1n) is 6.52. The molecule has 2 heterocycles. The van der Waals surface area contributed by atoms with E-state index in [4.69, 9.17) is 4.74 Å². The Hall–Kier alpha value is -1.95. The molecule has 1 saturated heterocycles. The summed E-state index contributed by atoms with van der Waals surface area (Å²) < 4.78 is 6.98. The van der Waals surface area contributed by atoms with Gasteiger partial charge in [0.2, 0.25) is 0 Å². The maximum absolute atomic E-state index is 5.16. The van der Waals surface area contributed by atoms with Gasteiger partial charge in [-0.05, 0) is 54.1 Å². The number of hydrogen-bond acceptors (Lipinski definition) is 5. The normalized spacial score (nSPS) is 19.3. The van der Waals surface area contributed by atoms with Crippen molar-refractivity contribution in [2.45, 2.75) is 18.8 Å². The maximum Gasteiger partial charge on any atom is 0.161 e. The summed E-state index contributed by atoms with van der Waals surface area (Å²) in [5.74, 6) is 2.14. The minimum atomic E-state index is 0.380. The zero-order valence-electron chi connectivity index (χ0n) is 10.9. The first kappa shape index (κ1) is 12.1. The van der Waals surface area contributed by atoms with Crippen molar-refractivity contribution in [1.82, 2.24) is 25.5 Å². The van der Waals surface area contributed by atoms with Gasteiger partial charge < -0.3 is 10.1 Å². The Balaban J connectivity index is 1.89. The smallest absolute Gasteiger partial charge is 0.161 e. The molecule has 1 atom stereocenters. The van der Waals surface area contributed by atoms with E-state index in [0.717, 1.165) is 36.8 Å². The van der Waals surface area contributed by atoms with Crippen LogP contribution in [0.15, 0.2) is 24.3 Å². The van der Waals surface area contributed by atoms with Gasteiger partial charge in [-0.1, -0.05) is 0 Å². The summed E-state index contributed by atoms with van der Waals surface area (Å²) in [6.45, 7) is 2.02. The Morgan fingerprint density at radius 3 is 2.84 bits per heavy atom. The van der Waals surface area contributed by atoms with Gasteiger partial charge in [-0.3, -0.25) is 0 Å². The fourth-order valence-corrected chi connectivity index (χ4v) is 2.43. The molecule has 1 aliphatic rings. The molecular formula is C13H17N5O. The molecule has 0 radical (unpaired) electrons. The molecule has 3 rings (SSSR count). The number of methoxy groups -OCH3 is 1. The maximum atomic E-state index is 5.16. The van der Waals surface area contributed by atoms with Crippen molar-refractivity contribution in [2.75, 3.05) is 20.2 Å². The zero-order valence-corrected chi connectivity index (χ0v) is 10.9. The van der Waals surface area contributed by atoms with E-state index >= 15 is 0 Å². The van der Waals surface area contributed by atoms with Gasteiger partial charge in [0, 0.05) is 12.5 Å². The van der Waals surface area contributed by atoms with Crippen molar-refractivity contribution >= 4 is 0 Å². The average Bonchev–Trinajstić information content (AvgIpc) is 2.98. The standard InChI is InChI=1S/C13H17N5O/c1-19-12-6-4-11(5-7-12)18-13(15-16-17-18)10-3-2-8-14-9-10/h4-7,10,14H,2-3,8-9H2,1H3. The molecule has 0 saturated carbocycles. The number of tetrazole rings is 1. The van der Waals surface area contributed by atoms with E-state index in [9.17, 15) is 0 Å². The van der Waals surface area contributed by atoms with Gasteiger partial charge in [-0.2, -0.15) is 4.68 Å². The molecule has 6 nitrogen and oxygen atoms in total. The van der Waals surface area contributed by atoms with Crippen LogP contribution < -0.4 is 10.1 Å². The molecule has 6 heteroatoms. The Kier molecular flexibility index (Phi) is 3.41. The Labute approximate surface area is 111 Å². The Morgan fingerprint density at radius 2 is 2.16 bits per heavy atom. The number of ether oxygens (including phenoxy) is 1. The van der Waals surface area contributed by atoms with Crippen LogP contribution in [0.3, 0.4) is 0 Å². The molecule has 1 fully saturated rings. The molecule has 0 bridgehead atoms. The van der Waals surface area contributed by atoms with Gasteiger partial charge in [0.15, 0.2) is 5.82 Å². The van der Waals surface area contributed by atoms with Crippen LogP contribution in [0, 0.1) is 0 Å². The van der Waals surface area contributed by atoms with Crippen molar-refractivity contribution in [2.24, 2.45) is 0 Å². The lowest BCUT2D eigenvalue weighted by Gasteiger charge is -2.21. The fourth-order valence-electron chi connectivity index (χ4n) is 2.43. The zero-order chi connectivity index (χ0) is 13.1. The second kappa shape index (κ2) is 5.36. The largest absolute Gasteiger partial charge is 0.497 e. The topological polar surface area (TPSA) is 64.9 Å². The van der Waals surface area contributed by atoms with Crippen molar-refractivity contribution in [3.63, 3.8) is 0 Å². The lowest BCUT2D eigenvalue weighted by atomic mass is 9.99. The highest BCUT2D eigenvalue weighted by Crippen LogP contribution is 2.23. The summed E-state index contributed by atoms with van der Waals surface area (Å²) in [5.41, 5.74) is 0.964. The van der Waals surface area contributed by atoms with Gasteiger partial charge in [0.1, 0.15) is 5.75 Å². The summed E-state index contributed by atoms with van der Waals surface area (Å²) in [5, 5.41) is 15.5. The van der Waals surface area contributed by atoms with Gasteiger partial charge in [-0.25, -0.2) is 0 Å². The quantitative estimate of drug-likeness (QED) is 0.895. The summed E-state index contributed by atoms with van der Waals surface area (Å²) >= 11 is 0. The number of piperidine rings is 1. The Bertz CT molecular complexity index is 530. The third-order valence-electron chi connectivity index (χ3n) is 3.47. The van der Waals surface area contributed by atoms with Gasteiger partial charge in [0.05, 0.1) is 12.8 Å². The second-order valence-electron chi connectivity index (χ2n) is 4.69. The van der Waals surface area contributed by atoms with Crippen LogP contribution in [-0.4, -0.2) is 40.4 Å². The van der Waals surface area contributed by atoms with E-state index in [1.165, 1.54) is 6.42 Å².